The number of nitrogens with one attached hydrogen (secondary N) is 1. The second-order valence-electron chi connectivity index (χ2n) is 4.11. The molecule has 0 fully saturated rings. The number of carbonyl (C=O) groups excluding carboxylic acids is 2. The highest BCUT2D eigenvalue weighted by Crippen LogP contribution is 2.15. The smallest absolute Gasteiger partial charge is 0.341 e. The van der Waals surface area contributed by atoms with E-state index in [-0.39, 0.29) is 17.1 Å². The monoisotopic (exact) mass is 311 g/mol. The van der Waals surface area contributed by atoms with E-state index in [0.29, 0.717) is 5.56 Å². The molecule has 0 saturated heterocycles. The summed E-state index contributed by atoms with van der Waals surface area (Å²) < 4.78 is 22.5. The fourth-order valence-corrected chi connectivity index (χ4v) is 1.70. The van der Waals surface area contributed by atoms with E-state index in [4.69, 9.17) is 20.8 Å². The molecule has 1 heterocycles. The maximum atomic E-state index is 13.0. The van der Waals surface area contributed by atoms with Crippen molar-refractivity contribution in [3.63, 3.8) is 0 Å². The van der Waals surface area contributed by atoms with Crippen molar-refractivity contribution >= 4 is 23.5 Å². The van der Waals surface area contributed by atoms with Gasteiger partial charge in [0, 0.05) is 6.54 Å². The molecule has 0 radical (unpaired) electrons. The Hall–Kier alpha value is -2.34. The zero-order chi connectivity index (χ0) is 15.2. The van der Waals surface area contributed by atoms with Gasteiger partial charge in [-0.1, -0.05) is 17.7 Å². The number of benzene rings is 1. The maximum absolute atomic E-state index is 13.0. The Bertz CT molecular complexity index is 642. The number of esters is 1. The third kappa shape index (κ3) is 4.32. The summed E-state index contributed by atoms with van der Waals surface area (Å²) >= 11 is 5.62. The van der Waals surface area contributed by atoms with Gasteiger partial charge in [0.2, 0.25) is 0 Å². The highest BCUT2D eigenvalue weighted by molar-refractivity contribution is 6.30. The van der Waals surface area contributed by atoms with E-state index >= 15 is 0 Å². The van der Waals surface area contributed by atoms with E-state index in [1.807, 2.05) is 0 Å². The molecule has 2 aromatic rings. The molecule has 5 nitrogen and oxygen atoms in total. The predicted molar refractivity (Wildman–Crippen MR) is 72.2 cm³/mol. The molecule has 1 N–H and O–H groups in total. The molecule has 0 aliphatic carbocycles. The molecule has 0 spiro atoms. The lowest BCUT2D eigenvalue weighted by atomic mass is 10.2. The van der Waals surface area contributed by atoms with Gasteiger partial charge in [0.1, 0.15) is 12.1 Å². The molecule has 1 aromatic carbocycles. The standard InChI is InChI=1S/C14H11ClFNO4/c15-11-5-9(1-2-12(11)16)6-17-13(18)8-21-14(19)10-3-4-20-7-10/h1-5,7H,6,8H2,(H,17,18). The Morgan fingerprint density at radius 3 is 2.81 bits per heavy atom. The fraction of sp³-hybridized carbons (Fsp3) is 0.143. The Labute approximate surface area is 124 Å². The zero-order valence-corrected chi connectivity index (χ0v) is 11.5. The fourth-order valence-electron chi connectivity index (χ4n) is 1.50. The van der Waals surface area contributed by atoms with Crippen molar-refractivity contribution in [3.05, 3.63) is 58.8 Å². The number of amides is 1. The van der Waals surface area contributed by atoms with Gasteiger partial charge < -0.3 is 14.5 Å². The largest absolute Gasteiger partial charge is 0.472 e. The van der Waals surface area contributed by atoms with Crippen molar-refractivity contribution in [3.8, 4) is 0 Å². The molecule has 21 heavy (non-hydrogen) atoms. The quantitative estimate of drug-likeness (QED) is 0.862. The summed E-state index contributed by atoms with van der Waals surface area (Å²) in [4.78, 5) is 23.0. The number of furan rings is 1. The van der Waals surface area contributed by atoms with Crippen LogP contribution in [-0.4, -0.2) is 18.5 Å². The minimum absolute atomic E-state index is 0.0202. The van der Waals surface area contributed by atoms with E-state index in [1.165, 1.54) is 36.8 Å². The lowest BCUT2D eigenvalue weighted by molar-refractivity contribution is -0.124. The van der Waals surface area contributed by atoms with Gasteiger partial charge in [0.15, 0.2) is 6.61 Å². The van der Waals surface area contributed by atoms with Crippen molar-refractivity contribution in [2.24, 2.45) is 0 Å². The molecule has 0 saturated carbocycles. The lowest BCUT2D eigenvalue weighted by Crippen LogP contribution is -2.28. The van der Waals surface area contributed by atoms with E-state index in [1.54, 1.807) is 0 Å². The molecule has 1 amide bonds. The number of halogens is 2. The normalized spacial score (nSPS) is 10.2. The molecule has 0 unspecified atom stereocenters. The van der Waals surface area contributed by atoms with Gasteiger partial charge in [-0.05, 0) is 23.8 Å². The number of ether oxygens (including phenoxy) is 1. The second kappa shape index (κ2) is 6.90. The first-order valence-corrected chi connectivity index (χ1v) is 6.34. The minimum Gasteiger partial charge on any atom is -0.472 e. The molecule has 0 aliphatic rings. The van der Waals surface area contributed by atoms with Crippen LogP contribution < -0.4 is 5.32 Å². The average molecular weight is 312 g/mol. The topological polar surface area (TPSA) is 68.5 Å². The van der Waals surface area contributed by atoms with Crippen LogP contribution in [-0.2, 0) is 16.1 Å². The van der Waals surface area contributed by atoms with Crippen molar-refractivity contribution in [2.45, 2.75) is 6.54 Å². The van der Waals surface area contributed by atoms with Crippen LogP contribution in [0.25, 0.3) is 0 Å². The minimum atomic E-state index is -0.649. The number of hydrogen-bond donors (Lipinski definition) is 1. The van der Waals surface area contributed by atoms with Gasteiger partial charge in [-0.2, -0.15) is 0 Å². The molecule has 1 aromatic heterocycles. The summed E-state index contributed by atoms with van der Waals surface area (Å²) in [7, 11) is 0. The van der Waals surface area contributed by atoms with Gasteiger partial charge >= 0.3 is 5.97 Å². The van der Waals surface area contributed by atoms with Gasteiger partial charge in [-0.25, -0.2) is 9.18 Å². The van der Waals surface area contributed by atoms with Crippen LogP contribution in [0, 0.1) is 5.82 Å². The molecule has 110 valence electrons. The number of carbonyl (C=O) groups is 2. The van der Waals surface area contributed by atoms with Crippen LogP contribution in [0.2, 0.25) is 5.02 Å². The van der Waals surface area contributed by atoms with Crippen molar-refractivity contribution < 1.29 is 23.1 Å². The summed E-state index contributed by atoms with van der Waals surface area (Å²) in [6.07, 6.45) is 2.55. The Morgan fingerprint density at radius 2 is 2.14 bits per heavy atom. The molecule has 2 rings (SSSR count). The molecule has 0 bridgehead atoms. The third-order valence-electron chi connectivity index (χ3n) is 2.56. The summed E-state index contributed by atoms with van der Waals surface area (Å²) in [5.41, 5.74) is 0.865. The van der Waals surface area contributed by atoms with Crippen molar-refractivity contribution in [1.29, 1.82) is 0 Å². The number of rotatable bonds is 5. The first kappa shape index (κ1) is 15.1. The van der Waals surface area contributed by atoms with E-state index in [9.17, 15) is 14.0 Å². The van der Waals surface area contributed by atoms with Crippen molar-refractivity contribution in [1.82, 2.24) is 5.32 Å². The van der Waals surface area contributed by atoms with Gasteiger partial charge in [-0.3, -0.25) is 4.79 Å². The Morgan fingerprint density at radius 1 is 1.33 bits per heavy atom. The van der Waals surface area contributed by atoms with Crippen LogP contribution in [0.4, 0.5) is 4.39 Å². The summed E-state index contributed by atoms with van der Waals surface area (Å²) in [5.74, 6) is -1.66. The number of hydrogen-bond acceptors (Lipinski definition) is 4. The molecular formula is C14H11ClFNO4. The summed E-state index contributed by atoms with van der Waals surface area (Å²) in [6, 6.07) is 5.55. The Kier molecular flexibility index (Phi) is 4.94. The maximum Gasteiger partial charge on any atom is 0.341 e. The van der Waals surface area contributed by atoms with Crippen molar-refractivity contribution in [2.75, 3.05) is 6.61 Å². The first-order valence-electron chi connectivity index (χ1n) is 5.96. The predicted octanol–water partition coefficient (Wildman–Crippen LogP) is 2.55. The first-order chi connectivity index (χ1) is 10.1. The van der Waals surface area contributed by atoms with E-state index in [0.717, 1.165) is 0 Å². The molecular weight excluding hydrogens is 301 g/mol. The van der Waals surface area contributed by atoms with Crippen LogP contribution in [0.15, 0.2) is 41.2 Å². The van der Waals surface area contributed by atoms with Crippen LogP contribution in [0.1, 0.15) is 15.9 Å². The SMILES string of the molecule is O=C(COC(=O)c1ccoc1)NCc1ccc(F)c(Cl)c1. The highest BCUT2D eigenvalue weighted by Gasteiger charge is 2.11. The van der Waals surface area contributed by atoms with Gasteiger partial charge in [0.05, 0.1) is 16.8 Å². The van der Waals surface area contributed by atoms with E-state index < -0.39 is 24.3 Å². The van der Waals surface area contributed by atoms with Gasteiger partial charge in [-0.15, -0.1) is 0 Å². The van der Waals surface area contributed by atoms with Gasteiger partial charge in [0.25, 0.3) is 5.91 Å². The van der Waals surface area contributed by atoms with Crippen LogP contribution >= 0.6 is 11.6 Å². The van der Waals surface area contributed by atoms with Crippen LogP contribution in [0.3, 0.4) is 0 Å². The zero-order valence-electron chi connectivity index (χ0n) is 10.8. The van der Waals surface area contributed by atoms with E-state index in [2.05, 4.69) is 5.32 Å². The third-order valence-corrected chi connectivity index (χ3v) is 2.85. The molecule has 7 heteroatoms. The highest BCUT2D eigenvalue weighted by atomic mass is 35.5. The Balaban J connectivity index is 1.77. The molecule has 0 atom stereocenters. The lowest BCUT2D eigenvalue weighted by Gasteiger charge is -2.06. The molecule has 0 aliphatic heterocycles. The average Bonchev–Trinajstić information content (AvgIpc) is 3.00. The summed E-state index contributed by atoms with van der Waals surface area (Å²) in [6.45, 7) is -0.263. The van der Waals surface area contributed by atoms with Crippen LogP contribution in [0.5, 0.6) is 0 Å². The summed E-state index contributed by atoms with van der Waals surface area (Å²) in [5, 5.41) is 2.51. The second-order valence-corrected chi connectivity index (χ2v) is 4.52.